The van der Waals surface area contributed by atoms with E-state index in [1.54, 1.807) is 18.3 Å². The SMILES string of the molecule is CS(=O)(=O)c1ccc(C(=O)N2CCC(c3c[nH]c4ncccc34)CC2)cc1. The van der Waals surface area contributed by atoms with Crippen LogP contribution in [0.3, 0.4) is 0 Å². The van der Waals surface area contributed by atoms with Gasteiger partial charge in [0.2, 0.25) is 0 Å². The number of rotatable bonds is 3. The highest BCUT2D eigenvalue weighted by atomic mass is 32.2. The first kappa shape index (κ1) is 17.7. The van der Waals surface area contributed by atoms with Gasteiger partial charge in [0, 0.05) is 42.7 Å². The molecule has 7 heteroatoms. The van der Waals surface area contributed by atoms with Crippen molar-refractivity contribution < 1.29 is 13.2 Å². The van der Waals surface area contributed by atoms with Gasteiger partial charge >= 0.3 is 0 Å². The molecular weight excluding hydrogens is 362 g/mol. The molecule has 1 amide bonds. The van der Waals surface area contributed by atoms with Crippen LogP contribution in [0.5, 0.6) is 0 Å². The van der Waals surface area contributed by atoms with Gasteiger partial charge in [-0.05, 0) is 60.7 Å². The Hall–Kier alpha value is -2.67. The molecule has 0 aliphatic carbocycles. The van der Waals surface area contributed by atoms with E-state index in [0.717, 1.165) is 30.1 Å². The summed E-state index contributed by atoms with van der Waals surface area (Å²) in [5, 5.41) is 1.15. The van der Waals surface area contributed by atoms with Gasteiger partial charge < -0.3 is 9.88 Å². The predicted octanol–water partition coefficient (Wildman–Crippen LogP) is 2.99. The third-order valence-corrected chi connectivity index (χ3v) is 6.36. The van der Waals surface area contributed by atoms with Crippen LogP contribution >= 0.6 is 0 Å². The molecule has 3 aromatic rings. The monoisotopic (exact) mass is 383 g/mol. The Bertz CT molecular complexity index is 1080. The minimum atomic E-state index is -3.25. The molecule has 1 aromatic carbocycles. The lowest BCUT2D eigenvalue weighted by Crippen LogP contribution is -2.37. The maximum absolute atomic E-state index is 12.7. The van der Waals surface area contributed by atoms with Crippen molar-refractivity contribution in [1.82, 2.24) is 14.9 Å². The summed E-state index contributed by atoms with van der Waals surface area (Å²) >= 11 is 0. The molecular formula is C20H21N3O3S. The van der Waals surface area contributed by atoms with E-state index in [9.17, 15) is 13.2 Å². The highest BCUT2D eigenvalue weighted by molar-refractivity contribution is 7.90. The lowest BCUT2D eigenvalue weighted by Gasteiger charge is -2.32. The fourth-order valence-electron chi connectivity index (χ4n) is 3.74. The molecule has 1 aliphatic heterocycles. The molecule has 2 aromatic heterocycles. The fraction of sp³-hybridized carbons (Fsp3) is 0.300. The average molecular weight is 383 g/mol. The normalized spacial score (nSPS) is 16.0. The summed E-state index contributed by atoms with van der Waals surface area (Å²) in [5.41, 5.74) is 2.69. The lowest BCUT2D eigenvalue weighted by atomic mass is 9.89. The van der Waals surface area contributed by atoms with Crippen molar-refractivity contribution >= 4 is 26.8 Å². The molecule has 0 spiro atoms. The summed E-state index contributed by atoms with van der Waals surface area (Å²) in [6, 6.07) is 10.2. The molecule has 1 fully saturated rings. The zero-order chi connectivity index (χ0) is 19.0. The Morgan fingerprint density at radius 1 is 1.15 bits per heavy atom. The number of fused-ring (bicyclic) bond motifs is 1. The van der Waals surface area contributed by atoms with Crippen LogP contribution in [0, 0.1) is 0 Å². The minimum absolute atomic E-state index is 0.0471. The van der Waals surface area contributed by atoms with Gasteiger partial charge in [0.1, 0.15) is 5.65 Å². The summed E-state index contributed by atoms with van der Waals surface area (Å²) in [7, 11) is -3.25. The largest absolute Gasteiger partial charge is 0.346 e. The number of likely N-dealkylation sites (tertiary alicyclic amines) is 1. The number of pyridine rings is 1. The number of aromatic nitrogens is 2. The predicted molar refractivity (Wildman–Crippen MR) is 104 cm³/mol. The van der Waals surface area contributed by atoms with E-state index in [2.05, 4.69) is 16.0 Å². The number of H-pyrrole nitrogens is 1. The maximum Gasteiger partial charge on any atom is 0.253 e. The van der Waals surface area contributed by atoms with Crippen LogP contribution in [-0.2, 0) is 9.84 Å². The Balaban J connectivity index is 1.45. The number of benzene rings is 1. The molecule has 3 heterocycles. The van der Waals surface area contributed by atoms with E-state index in [0.29, 0.717) is 24.6 Å². The molecule has 6 nitrogen and oxygen atoms in total. The number of nitrogens with one attached hydrogen (secondary N) is 1. The first-order valence-electron chi connectivity index (χ1n) is 8.95. The first-order valence-corrected chi connectivity index (χ1v) is 10.8. The van der Waals surface area contributed by atoms with E-state index in [1.165, 1.54) is 17.7 Å². The van der Waals surface area contributed by atoms with Crippen molar-refractivity contribution in [3.05, 3.63) is 59.9 Å². The molecule has 27 heavy (non-hydrogen) atoms. The number of piperidine rings is 1. The molecule has 4 rings (SSSR count). The molecule has 0 saturated carbocycles. The van der Waals surface area contributed by atoms with Crippen LogP contribution in [0.2, 0.25) is 0 Å². The van der Waals surface area contributed by atoms with E-state index in [4.69, 9.17) is 0 Å². The minimum Gasteiger partial charge on any atom is -0.346 e. The van der Waals surface area contributed by atoms with Crippen LogP contribution < -0.4 is 0 Å². The fourth-order valence-corrected chi connectivity index (χ4v) is 4.37. The summed E-state index contributed by atoms with van der Waals surface area (Å²) in [6.07, 6.45) is 6.77. The highest BCUT2D eigenvalue weighted by Crippen LogP contribution is 2.33. The molecule has 1 saturated heterocycles. The molecule has 0 atom stereocenters. The van der Waals surface area contributed by atoms with E-state index in [-0.39, 0.29) is 10.8 Å². The van der Waals surface area contributed by atoms with E-state index >= 15 is 0 Å². The van der Waals surface area contributed by atoms with Gasteiger partial charge in [-0.25, -0.2) is 13.4 Å². The highest BCUT2D eigenvalue weighted by Gasteiger charge is 2.26. The van der Waals surface area contributed by atoms with Gasteiger partial charge in [0.05, 0.1) is 4.90 Å². The van der Waals surface area contributed by atoms with Crippen molar-refractivity contribution in [3.63, 3.8) is 0 Å². The molecule has 1 aliphatic rings. The summed E-state index contributed by atoms with van der Waals surface area (Å²) in [4.78, 5) is 22.4. The Morgan fingerprint density at radius 2 is 1.85 bits per heavy atom. The molecule has 140 valence electrons. The van der Waals surface area contributed by atoms with Crippen LogP contribution in [0.15, 0.2) is 53.7 Å². The zero-order valence-electron chi connectivity index (χ0n) is 15.1. The van der Waals surface area contributed by atoms with Crippen molar-refractivity contribution in [2.75, 3.05) is 19.3 Å². The van der Waals surface area contributed by atoms with Gasteiger partial charge in [-0.15, -0.1) is 0 Å². The number of sulfone groups is 1. The van der Waals surface area contributed by atoms with E-state index < -0.39 is 9.84 Å². The smallest absolute Gasteiger partial charge is 0.253 e. The summed E-state index contributed by atoms with van der Waals surface area (Å²) in [6.45, 7) is 1.37. The van der Waals surface area contributed by atoms with Crippen LogP contribution in [0.4, 0.5) is 0 Å². The van der Waals surface area contributed by atoms with Crippen molar-refractivity contribution in [1.29, 1.82) is 0 Å². The summed E-state index contributed by atoms with van der Waals surface area (Å²) in [5.74, 6) is 0.355. The Kier molecular flexibility index (Phi) is 4.47. The standard InChI is InChI=1S/C20H21N3O3S/c1-27(25,26)16-6-4-15(5-7-16)20(24)23-11-8-14(9-12-23)18-13-22-19-17(18)3-2-10-21-19/h2-7,10,13-14H,8-9,11-12H2,1H3,(H,21,22). The Labute approximate surface area is 158 Å². The van der Waals surface area contributed by atoms with Gasteiger partial charge in [0.25, 0.3) is 5.91 Å². The molecule has 0 unspecified atom stereocenters. The van der Waals surface area contributed by atoms with Crippen molar-refractivity contribution in [2.24, 2.45) is 0 Å². The number of carbonyl (C=O) groups excluding carboxylic acids is 1. The molecule has 0 radical (unpaired) electrons. The Morgan fingerprint density at radius 3 is 2.52 bits per heavy atom. The van der Waals surface area contributed by atoms with Gasteiger partial charge in [-0.2, -0.15) is 0 Å². The number of aromatic amines is 1. The molecule has 0 bridgehead atoms. The van der Waals surface area contributed by atoms with Gasteiger partial charge in [-0.3, -0.25) is 4.79 Å². The lowest BCUT2D eigenvalue weighted by molar-refractivity contribution is 0.0713. The quantitative estimate of drug-likeness (QED) is 0.754. The number of hydrogen-bond donors (Lipinski definition) is 1. The van der Waals surface area contributed by atoms with E-state index in [1.807, 2.05) is 17.2 Å². The maximum atomic E-state index is 12.7. The van der Waals surface area contributed by atoms with Gasteiger partial charge in [-0.1, -0.05) is 0 Å². The first-order chi connectivity index (χ1) is 12.9. The number of amides is 1. The summed E-state index contributed by atoms with van der Waals surface area (Å²) < 4.78 is 23.1. The second kappa shape index (κ2) is 6.81. The number of hydrogen-bond acceptors (Lipinski definition) is 4. The van der Waals surface area contributed by atoms with Gasteiger partial charge in [0.15, 0.2) is 9.84 Å². The third-order valence-electron chi connectivity index (χ3n) is 5.23. The number of carbonyl (C=O) groups is 1. The number of nitrogens with zero attached hydrogens (tertiary/aromatic N) is 2. The molecule has 1 N–H and O–H groups in total. The van der Waals surface area contributed by atoms with Crippen LogP contribution in [-0.4, -0.2) is 48.5 Å². The average Bonchev–Trinajstić information content (AvgIpc) is 3.11. The third kappa shape index (κ3) is 3.47. The van der Waals surface area contributed by atoms with Crippen LogP contribution in [0.1, 0.15) is 34.7 Å². The second-order valence-electron chi connectivity index (χ2n) is 7.01. The van der Waals surface area contributed by atoms with Crippen molar-refractivity contribution in [2.45, 2.75) is 23.7 Å². The van der Waals surface area contributed by atoms with Crippen LogP contribution in [0.25, 0.3) is 11.0 Å². The topological polar surface area (TPSA) is 83.1 Å². The second-order valence-corrected chi connectivity index (χ2v) is 9.02. The zero-order valence-corrected chi connectivity index (χ0v) is 15.9. The van der Waals surface area contributed by atoms with Crippen molar-refractivity contribution in [3.8, 4) is 0 Å².